The lowest BCUT2D eigenvalue weighted by Gasteiger charge is -2.23. The van der Waals surface area contributed by atoms with Crippen LogP contribution in [0.2, 0.25) is 0 Å². The molecular formula is C19H22N2O3S. The molecule has 0 spiro atoms. The fourth-order valence-corrected chi connectivity index (χ4v) is 5.11. The van der Waals surface area contributed by atoms with Gasteiger partial charge in [0, 0.05) is 4.88 Å². The van der Waals surface area contributed by atoms with Crippen LogP contribution in [0.5, 0.6) is 0 Å². The van der Waals surface area contributed by atoms with Crippen LogP contribution in [0.15, 0.2) is 12.2 Å². The van der Waals surface area contributed by atoms with Crippen molar-refractivity contribution >= 4 is 28.2 Å². The summed E-state index contributed by atoms with van der Waals surface area (Å²) in [5.74, 6) is -1.88. The predicted molar refractivity (Wildman–Crippen MR) is 96.5 cm³/mol. The molecule has 1 aromatic heterocycles. The lowest BCUT2D eigenvalue weighted by Crippen LogP contribution is -2.34. The number of nitriles is 1. The van der Waals surface area contributed by atoms with Crippen LogP contribution in [-0.2, 0) is 22.4 Å². The second-order valence-electron chi connectivity index (χ2n) is 6.82. The smallest absolute Gasteiger partial charge is 0.307 e. The minimum Gasteiger partial charge on any atom is -0.481 e. The Morgan fingerprint density at radius 1 is 1.36 bits per heavy atom. The highest BCUT2D eigenvalue weighted by Gasteiger charge is 2.35. The van der Waals surface area contributed by atoms with E-state index in [0.29, 0.717) is 29.3 Å². The maximum absolute atomic E-state index is 12.7. The van der Waals surface area contributed by atoms with Crippen LogP contribution < -0.4 is 5.32 Å². The molecule has 3 atom stereocenters. The number of thiophene rings is 1. The second-order valence-corrected chi connectivity index (χ2v) is 7.93. The Morgan fingerprint density at radius 3 is 2.72 bits per heavy atom. The van der Waals surface area contributed by atoms with Crippen molar-refractivity contribution in [1.29, 1.82) is 5.26 Å². The third-order valence-electron chi connectivity index (χ3n) is 5.38. The Kier molecular flexibility index (Phi) is 5.24. The molecule has 0 aliphatic heterocycles. The molecule has 1 amide bonds. The van der Waals surface area contributed by atoms with Crippen LogP contribution >= 0.6 is 11.3 Å². The van der Waals surface area contributed by atoms with Gasteiger partial charge in [0.25, 0.3) is 0 Å². The highest BCUT2D eigenvalue weighted by atomic mass is 32.1. The maximum atomic E-state index is 12.7. The van der Waals surface area contributed by atoms with E-state index in [2.05, 4.69) is 18.3 Å². The summed E-state index contributed by atoms with van der Waals surface area (Å²) >= 11 is 1.49. The molecule has 0 fully saturated rings. The molecule has 0 bridgehead atoms. The van der Waals surface area contributed by atoms with Gasteiger partial charge in [-0.1, -0.05) is 25.5 Å². The number of carboxylic acids is 1. The molecule has 5 nitrogen and oxygen atoms in total. The Hall–Kier alpha value is -2.13. The Labute approximate surface area is 151 Å². The first-order valence-corrected chi connectivity index (χ1v) is 9.60. The Bertz CT molecular complexity index is 759. The average molecular weight is 358 g/mol. The summed E-state index contributed by atoms with van der Waals surface area (Å²) in [6.07, 6.45) is 8.52. The lowest BCUT2D eigenvalue weighted by molar-refractivity contribution is -0.146. The molecule has 0 unspecified atom stereocenters. The average Bonchev–Trinajstić information content (AvgIpc) is 2.97. The summed E-state index contributed by atoms with van der Waals surface area (Å²) in [5.41, 5.74) is 1.65. The van der Waals surface area contributed by atoms with Gasteiger partial charge in [0.05, 0.1) is 17.4 Å². The number of aliphatic carboxylic acids is 1. The number of rotatable bonds is 4. The fourth-order valence-electron chi connectivity index (χ4n) is 3.79. The van der Waals surface area contributed by atoms with Crippen molar-refractivity contribution < 1.29 is 14.7 Å². The van der Waals surface area contributed by atoms with Gasteiger partial charge in [-0.05, 0) is 43.6 Å². The number of anilines is 1. The second kappa shape index (κ2) is 7.40. The monoisotopic (exact) mass is 358 g/mol. The molecule has 1 aromatic rings. The van der Waals surface area contributed by atoms with Crippen LogP contribution in [-0.4, -0.2) is 17.0 Å². The molecule has 2 aliphatic carbocycles. The van der Waals surface area contributed by atoms with Crippen molar-refractivity contribution in [2.24, 2.45) is 17.8 Å². The SMILES string of the molecule is CC[C@@H]1CCc2c(sc(NC(=O)[C@@H]3CC=CC[C@H]3C(=O)O)c2C#N)C1. The van der Waals surface area contributed by atoms with E-state index in [1.807, 2.05) is 12.2 Å². The van der Waals surface area contributed by atoms with Crippen molar-refractivity contribution in [3.8, 4) is 6.07 Å². The summed E-state index contributed by atoms with van der Waals surface area (Å²) < 4.78 is 0. The number of fused-ring (bicyclic) bond motifs is 1. The third-order valence-corrected chi connectivity index (χ3v) is 6.55. The number of allylic oxidation sites excluding steroid dienone is 2. The summed E-state index contributed by atoms with van der Waals surface area (Å²) in [6, 6.07) is 2.24. The van der Waals surface area contributed by atoms with E-state index >= 15 is 0 Å². The first-order chi connectivity index (χ1) is 12.0. The molecule has 3 rings (SSSR count). The standard InChI is InChI=1S/C19H22N2O3S/c1-2-11-7-8-12-15(10-20)18(25-16(12)9-11)21-17(22)13-5-3-4-6-14(13)19(23)24/h3-4,11,13-14H,2,5-9H2,1H3,(H,21,22)(H,23,24)/t11-,13-,14-/m1/s1. The Morgan fingerprint density at radius 2 is 2.08 bits per heavy atom. The van der Waals surface area contributed by atoms with Crippen LogP contribution in [0.4, 0.5) is 5.00 Å². The number of nitrogens with one attached hydrogen (secondary N) is 1. The van der Waals surface area contributed by atoms with E-state index < -0.39 is 17.8 Å². The van der Waals surface area contributed by atoms with Gasteiger partial charge in [-0.2, -0.15) is 5.26 Å². The van der Waals surface area contributed by atoms with Gasteiger partial charge in [0.15, 0.2) is 0 Å². The minimum absolute atomic E-state index is 0.293. The van der Waals surface area contributed by atoms with Gasteiger partial charge in [0.2, 0.25) is 5.91 Å². The number of nitrogens with zero attached hydrogens (tertiary/aromatic N) is 1. The summed E-state index contributed by atoms with van der Waals surface area (Å²) in [4.78, 5) is 25.3. The van der Waals surface area contributed by atoms with Crippen molar-refractivity contribution in [2.45, 2.75) is 45.4 Å². The van der Waals surface area contributed by atoms with Crippen molar-refractivity contribution in [2.75, 3.05) is 5.32 Å². The number of amides is 1. The summed E-state index contributed by atoms with van der Waals surface area (Å²) in [6.45, 7) is 2.18. The topological polar surface area (TPSA) is 90.2 Å². The largest absolute Gasteiger partial charge is 0.481 e. The van der Waals surface area contributed by atoms with E-state index in [0.717, 1.165) is 31.2 Å². The lowest BCUT2D eigenvalue weighted by atomic mass is 9.82. The maximum Gasteiger partial charge on any atom is 0.307 e. The molecule has 132 valence electrons. The molecule has 0 aromatic carbocycles. The van der Waals surface area contributed by atoms with Gasteiger partial charge in [-0.15, -0.1) is 11.3 Å². The van der Waals surface area contributed by atoms with Crippen LogP contribution in [0.25, 0.3) is 0 Å². The quantitative estimate of drug-likeness (QED) is 0.802. The first kappa shape index (κ1) is 17.7. The molecule has 1 heterocycles. The van der Waals surface area contributed by atoms with E-state index in [4.69, 9.17) is 0 Å². The summed E-state index contributed by atoms with van der Waals surface area (Å²) in [7, 11) is 0. The van der Waals surface area contributed by atoms with E-state index in [1.165, 1.54) is 16.2 Å². The fraction of sp³-hybridized carbons (Fsp3) is 0.526. The van der Waals surface area contributed by atoms with Crippen molar-refractivity contribution in [3.05, 3.63) is 28.2 Å². The van der Waals surface area contributed by atoms with Crippen LogP contribution in [0, 0.1) is 29.1 Å². The molecule has 2 aliphatic rings. The van der Waals surface area contributed by atoms with Gasteiger partial charge in [0.1, 0.15) is 11.1 Å². The molecule has 0 saturated heterocycles. The normalized spacial score (nSPS) is 25.0. The van der Waals surface area contributed by atoms with E-state index in [-0.39, 0.29) is 5.91 Å². The van der Waals surface area contributed by atoms with Gasteiger partial charge in [-0.25, -0.2) is 0 Å². The van der Waals surface area contributed by atoms with E-state index in [1.54, 1.807) is 0 Å². The minimum atomic E-state index is -0.943. The number of hydrogen-bond donors (Lipinski definition) is 2. The summed E-state index contributed by atoms with van der Waals surface area (Å²) in [5, 5.41) is 22.4. The number of carboxylic acid groups (broad SMARTS) is 1. The molecule has 25 heavy (non-hydrogen) atoms. The molecule has 6 heteroatoms. The zero-order valence-corrected chi connectivity index (χ0v) is 15.1. The van der Waals surface area contributed by atoms with E-state index in [9.17, 15) is 20.0 Å². The number of carbonyl (C=O) groups is 2. The zero-order chi connectivity index (χ0) is 18.0. The molecular weight excluding hydrogens is 336 g/mol. The predicted octanol–water partition coefficient (Wildman–Crippen LogP) is 3.74. The number of carbonyl (C=O) groups excluding carboxylic acids is 1. The number of hydrogen-bond acceptors (Lipinski definition) is 4. The zero-order valence-electron chi connectivity index (χ0n) is 14.2. The Balaban J connectivity index is 1.82. The molecule has 0 saturated carbocycles. The third kappa shape index (κ3) is 3.47. The van der Waals surface area contributed by atoms with Gasteiger partial charge >= 0.3 is 5.97 Å². The highest BCUT2D eigenvalue weighted by Crippen LogP contribution is 2.40. The van der Waals surface area contributed by atoms with Gasteiger partial charge < -0.3 is 10.4 Å². The first-order valence-electron chi connectivity index (χ1n) is 8.78. The van der Waals surface area contributed by atoms with Crippen LogP contribution in [0.3, 0.4) is 0 Å². The van der Waals surface area contributed by atoms with Crippen molar-refractivity contribution in [3.63, 3.8) is 0 Å². The highest BCUT2D eigenvalue weighted by molar-refractivity contribution is 7.16. The van der Waals surface area contributed by atoms with Gasteiger partial charge in [-0.3, -0.25) is 9.59 Å². The van der Waals surface area contributed by atoms with Crippen LogP contribution in [0.1, 0.15) is 48.6 Å². The molecule has 2 N–H and O–H groups in total. The van der Waals surface area contributed by atoms with Crippen molar-refractivity contribution in [1.82, 2.24) is 0 Å². The molecule has 0 radical (unpaired) electrons.